The highest BCUT2D eigenvalue weighted by Gasteiger charge is 2.50. The van der Waals surface area contributed by atoms with Crippen molar-refractivity contribution in [3.05, 3.63) is 36.0 Å². The lowest BCUT2D eigenvalue weighted by atomic mass is 9.78. The number of nitrogens with one attached hydrogen (secondary N) is 2. The predicted octanol–water partition coefficient (Wildman–Crippen LogP) is 3.19. The zero-order valence-corrected chi connectivity index (χ0v) is 10.9. The molecule has 1 aliphatic rings. The van der Waals surface area contributed by atoms with Crippen LogP contribution in [-0.2, 0) is 4.79 Å². The lowest BCUT2D eigenvalue weighted by Gasteiger charge is -2.37. The molecular formula is C15H16F2N2O. The van der Waals surface area contributed by atoms with Gasteiger partial charge < -0.3 is 10.3 Å². The minimum atomic E-state index is -2.93. The Hall–Kier alpha value is -1.91. The van der Waals surface area contributed by atoms with Crippen LogP contribution in [0.25, 0.3) is 10.9 Å². The lowest BCUT2D eigenvalue weighted by Crippen LogP contribution is -2.50. The molecule has 1 saturated carbocycles. The zero-order chi connectivity index (χ0) is 14.2. The van der Waals surface area contributed by atoms with Crippen molar-refractivity contribution in [2.75, 3.05) is 0 Å². The Morgan fingerprint density at radius 1 is 1.30 bits per heavy atom. The minimum Gasteiger partial charge on any atom is -0.361 e. The number of alkyl halides is 2. The minimum absolute atomic E-state index is 0.324. The van der Waals surface area contributed by atoms with E-state index >= 15 is 0 Å². The quantitative estimate of drug-likeness (QED) is 0.832. The summed E-state index contributed by atoms with van der Waals surface area (Å²) in [6.07, 6.45) is 3.49. The third kappa shape index (κ3) is 1.97. The molecule has 106 valence electrons. The van der Waals surface area contributed by atoms with Gasteiger partial charge in [-0.25, -0.2) is 8.78 Å². The number of benzene rings is 1. The van der Waals surface area contributed by atoms with Crippen LogP contribution >= 0.6 is 0 Å². The van der Waals surface area contributed by atoms with Crippen molar-refractivity contribution in [2.24, 2.45) is 0 Å². The second-order valence-corrected chi connectivity index (χ2v) is 5.28. The van der Waals surface area contributed by atoms with E-state index in [1.807, 2.05) is 24.3 Å². The maximum atomic E-state index is 14.6. The number of fused-ring (bicyclic) bond motifs is 1. The van der Waals surface area contributed by atoms with Gasteiger partial charge in [0.05, 0.1) is 12.0 Å². The second kappa shape index (κ2) is 4.89. The third-order valence-corrected chi connectivity index (χ3v) is 4.18. The molecule has 1 aliphatic carbocycles. The van der Waals surface area contributed by atoms with Crippen LogP contribution in [0.2, 0.25) is 0 Å². The van der Waals surface area contributed by atoms with Gasteiger partial charge in [0, 0.05) is 17.1 Å². The van der Waals surface area contributed by atoms with E-state index in [2.05, 4.69) is 10.3 Å². The molecule has 3 rings (SSSR count). The molecule has 3 nitrogen and oxygen atoms in total. The van der Waals surface area contributed by atoms with Crippen molar-refractivity contribution in [1.82, 2.24) is 10.3 Å². The van der Waals surface area contributed by atoms with Crippen LogP contribution in [0.5, 0.6) is 0 Å². The van der Waals surface area contributed by atoms with Gasteiger partial charge in [0.15, 0.2) is 0 Å². The Morgan fingerprint density at radius 3 is 2.90 bits per heavy atom. The summed E-state index contributed by atoms with van der Waals surface area (Å²) in [5, 5.41) is 3.11. The Morgan fingerprint density at radius 2 is 2.10 bits per heavy atom. The number of H-pyrrole nitrogens is 1. The summed E-state index contributed by atoms with van der Waals surface area (Å²) < 4.78 is 29.2. The summed E-state index contributed by atoms with van der Waals surface area (Å²) in [6, 6.07) is 6.38. The van der Waals surface area contributed by atoms with Gasteiger partial charge in [0.2, 0.25) is 6.41 Å². The van der Waals surface area contributed by atoms with Gasteiger partial charge in [0.1, 0.15) is 0 Å². The van der Waals surface area contributed by atoms with E-state index in [0.29, 0.717) is 31.2 Å². The van der Waals surface area contributed by atoms with Crippen LogP contribution in [0.3, 0.4) is 0 Å². The van der Waals surface area contributed by atoms with E-state index in [1.165, 1.54) is 0 Å². The largest absolute Gasteiger partial charge is 0.361 e. The molecule has 2 atom stereocenters. The molecule has 0 aliphatic heterocycles. The van der Waals surface area contributed by atoms with Crippen LogP contribution in [0.4, 0.5) is 8.78 Å². The number of hydrogen-bond donors (Lipinski definition) is 2. The van der Waals surface area contributed by atoms with Crippen molar-refractivity contribution in [2.45, 2.75) is 37.1 Å². The van der Waals surface area contributed by atoms with Gasteiger partial charge in [-0.3, -0.25) is 4.79 Å². The standard InChI is InChI=1S/C15H16F2N2O/c16-15(17)12(5-3-7-14(15)19-9-20)11-8-18-13-6-2-1-4-10(11)13/h1-2,4,6,8-9,12,14,18H,3,5,7H2,(H,19,20). The lowest BCUT2D eigenvalue weighted by molar-refractivity contribution is -0.118. The highest BCUT2D eigenvalue weighted by molar-refractivity contribution is 5.83. The maximum Gasteiger partial charge on any atom is 0.274 e. The number of aromatic nitrogens is 1. The van der Waals surface area contributed by atoms with Gasteiger partial charge in [0.25, 0.3) is 5.92 Å². The summed E-state index contributed by atoms with van der Waals surface area (Å²) in [4.78, 5) is 13.6. The molecule has 1 heterocycles. The van der Waals surface area contributed by atoms with Gasteiger partial charge >= 0.3 is 0 Å². The molecule has 2 N–H and O–H groups in total. The number of amides is 1. The topological polar surface area (TPSA) is 44.9 Å². The summed E-state index contributed by atoms with van der Waals surface area (Å²) >= 11 is 0. The number of para-hydroxylation sites is 1. The number of rotatable bonds is 3. The van der Waals surface area contributed by atoms with Crippen LogP contribution < -0.4 is 5.32 Å². The monoisotopic (exact) mass is 278 g/mol. The van der Waals surface area contributed by atoms with Crippen molar-refractivity contribution >= 4 is 17.3 Å². The normalized spacial score (nSPS) is 25.5. The van der Waals surface area contributed by atoms with Crippen molar-refractivity contribution in [3.63, 3.8) is 0 Å². The fourth-order valence-electron chi connectivity index (χ4n) is 3.18. The second-order valence-electron chi connectivity index (χ2n) is 5.28. The highest BCUT2D eigenvalue weighted by Crippen LogP contribution is 2.46. The third-order valence-electron chi connectivity index (χ3n) is 4.18. The molecule has 1 fully saturated rings. The van der Waals surface area contributed by atoms with Crippen molar-refractivity contribution in [1.29, 1.82) is 0 Å². The number of carbonyl (C=O) groups excluding carboxylic acids is 1. The van der Waals surface area contributed by atoms with Gasteiger partial charge in [-0.05, 0) is 24.5 Å². The Kier molecular flexibility index (Phi) is 3.20. The Balaban J connectivity index is 2.01. The molecule has 0 spiro atoms. The van der Waals surface area contributed by atoms with Crippen LogP contribution in [0.15, 0.2) is 30.5 Å². The van der Waals surface area contributed by atoms with E-state index in [1.54, 1.807) is 6.20 Å². The molecule has 1 aromatic carbocycles. The molecular weight excluding hydrogens is 262 g/mol. The summed E-state index contributed by atoms with van der Waals surface area (Å²) in [5.74, 6) is -3.78. The Bertz CT molecular complexity index is 623. The fourth-order valence-corrected chi connectivity index (χ4v) is 3.18. The van der Waals surface area contributed by atoms with Crippen molar-refractivity contribution in [3.8, 4) is 0 Å². The first-order valence-electron chi connectivity index (χ1n) is 6.78. The summed E-state index contributed by atoms with van der Waals surface area (Å²) in [5.41, 5.74) is 1.51. The summed E-state index contributed by atoms with van der Waals surface area (Å²) in [7, 11) is 0. The molecule has 1 aromatic heterocycles. The number of halogens is 2. The van der Waals surface area contributed by atoms with Gasteiger partial charge in [-0.15, -0.1) is 0 Å². The number of carbonyl (C=O) groups is 1. The van der Waals surface area contributed by atoms with E-state index in [-0.39, 0.29) is 0 Å². The molecule has 2 aromatic rings. The average molecular weight is 278 g/mol. The van der Waals surface area contributed by atoms with Crippen molar-refractivity contribution < 1.29 is 13.6 Å². The van der Waals surface area contributed by atoms with Crippen LogP contribution in [0, 0.1) is 0 Å². The van der Waals surface area contributed by atoms with Crippen LogP contribution in [-0.4, -0.2) is 23.4 Å². The highest BCUT2D eigenvalue weighted by atomic mass is 19.3. The first-order chi connectivity index (χ1) is 9.64. The molecule has 0 radical (unpaired) electrons. The summed E-state index contributed by atoms with van der Waals surface area (Å²) in [6.45, 7) is 0. The maximum absolute atomic E-state index is 14.6. The van der Waals surface area contributed by atoms with Gasteiger partial charge in [-0.1, -0.05) is 24.6 Å². The fraction of sp³-hybridized carbons (Fsp3) is 0.400. The molecule has 5 heteroatoms. The number of aromatic amines is 1. The van der Waals surface area contributed by atoms with E-state index in [0.717, 1.165) is 10.9 Å². The van der Waals surface area contributed by atoms with E-state index in [9.17, 15) is 13.6 Å². The van der Waals surface area contributed by atoms with E-state index in [4.69, 9.17) is 0 Å². The van der Waals surface area contributed by atoms with E-state index < -0.39 is 17.9 Å². The SMILES string of the molecule is O=CNC1CCCC(c2c[nH]c3ccccc23)C1(F)F. The first-order valence-corrected chi connectivity index (χ1v) is 6.78. The first kappa shape index (κ1) is 13.1. The smallest absolute Gasteiger partial charge is 0.274 e. The Labute approximate surface area is 115 Å². The molecule has 0 bridgehead atoms. The molecule has 1 amide bonds. The van der Waals surface area contributed by atoms with Crippen LogP contribution in [0.1, 0.15) is 30.7 Å². The predicted molar refractivity (Wildman–Crippen MR) is 72.8 cm³/mol. The molecule has 0 saturated heterocycles. The van der Waals surface area contributed by atoms with Gasteiger partial charge in [-0.2, -0.15) is 0 Å². The molecule has 2 unspecified atom stereocenters. The molecule has 20 heavy (non-hydrogen) atoms. The zero-order valence-electron chi connectivity index (χ0n) is 10.9. The number of hydrogen-bond acceptors (Lipinski definition) is 1. The average Bonchev–Trinajstić information content (AvgIpc) is 2.85.